The predicted octanol–water partition coefficient (Wildman–Crippen LogP) is 6.51. The maximum absolute atomic E-state index is 13.3. The Morgan fingerprint density at radius 1 is 1.00 bits per heavy atom. The van der Waals surface area contributed by atoms with E-state index >= 15 is 0 Å². The monoisotopic (exact) mass is 500 g/mol. The average molecular weight is 502 g/mol. The molecule has 0 amide bonds. The van der Waals surface area contributed by atoms with Crippen LogP contribution < -0.4 is 4.74 Å². The second-order valence-electron chi connectivity index (χ2n) is 7.18. The zero-order chi connectivity index (χ0) is 20.8. The highest BCUT2D eigenvalue weighted by atomic mass is 79.9. The summed E-state index contributed by atoms with van der Waals surface area (Å²) < 4.78 is 7.10. The lowest BCUT2D eigenvalue weighted by Crippen LogP contribution is -2.45. The number of carbonyl (C=O) groups excluding carboxylic acids is 1. The van der Waals surface area contributed by atoms with Gasteiger partial charge in [0.15, 0.2) is 0 Å². The van der Waals surface area contributed by atoms with Crippen molar-refractivity contribution in [2.45, 2.75) is 18.7 Å². The standard InChI is InChI=1S/C23H15BrCl2N2O2/c24-15-5-10-21-18(11-15)20-12-19(13-1-6-16(25)7-2-13)27-28(20)23(30-21)22(29)14-3-8-17(26)9-4-14/h1-11,20,23H,12H2/t20-,23-/m1/s1. The fraction of sp³-hybridized carbons (Fsp3) is 0.130. The highest BCUT2D eigenvalue weighted by Crippen LogP contribution is 2.44. The summed E-state index contributed by atoms with van der Waals surface area (Å²) in [6.07, 6.45) is -0.187. The summed E-state index contributed by atoms with van der Waals surface area (Å²) >= 11 is 15.6. The molecule has 0 radical (unpaired) electrons. The number of benzene rings is 3. The van der Waals surface area contributed by atoms with Crippen LogP contribution in [-0.4, -0.2) is 22.7 Å². The minimum Gasteiger partial charge on any atom is -0.461 e. The molecule has 3 aromatic carbocycles. The van der Waals surface area contributed by atoms with Crippen LogP contribution in [0.1, 0.15) is 33.9 Å². The number of carbonyl (C=O) groups is 1. The van der Waals surface area contributed by atoms with Gasteiger partial charge in [0.25, 0.3) is 6.23 Å². The number of halogens is 3. The van der Waals surface area contributed by atoms with Gasteiger partial charge in [0.05, 0.1) is 11.8 Å². The Morgan fingerprint density at radius 2 is 1.67 bits per heavy atom. The fourth-order valence-corrected chi connectivity index (χ4v) is 4.44. The van der Waals surface area contributed by atoms with Crippen LogP contribution in [0.15, 0.2) is 76.3 Å². The molecule has 150 valence electrons. The van der Waals surface area contributed by atoms with Gasteiger partial charge >= 0.3 is 0 Å². The van der Waals surface area contributed by atoms with Crippen LogP contribution >= 0.6 is 39.1 Å². The molecule has 0 aromatic heterocycles. The van der Waals surface area contributed by atoms with Gasteiger partial charge in [0.2, 0.25) is 5.78 Å². The van der Waals surface area contributed by atoms with Crippen molar-refractivity contribution in [3.8, 4) is 5.75 Å². The Hall–Kier alpha value is -2.34. The second kappa shape index (κ2) is 7.73. The molecule has 0 saturated heterocycles. The molecule has 0 spiro atoms. The molecule has 2 aliphatic heterocycles. The zero-order valence-corrected chi connectivity index (χ0v) is 18.7. The number of ether oxygens (including phenoxy) is 1. The minimum absolute atomic E-state index is 0.0989. The van der Waals surface area contributed by atoms with Crippen LogP contribution in [0.5, 0.6) is 5.75 Å². The number of rotatable bonds is 3. The molecule has 0 aliphatic carbocycles. The Morgan fingerprint density at radius 3 is 2.37 bits per heavy atom. The van der Waals surface area contributed by atoms with Gasteiger partial charge in [-0.1, -0.05) is 51.3 Å². The summed E-state index contributed by atoms with van der Waals surface area (Å²) in [5, 5.41) is 7.82. The van der Waals surface area contributed by atoms with Gasteiger partial charge in [-0.2, -0.15) is 5.10 Å². The van der Waals surface area contributed by atoms with Gasteiger partial charge in [-0.15, -0.1) is 0 Å². The van der Waals surface area contributed by atoms with Crippen molar-refractivity contribution in [1.82, 2.24) is 5.01 Å². The average Bonchev–Trinajstić information content (AvgIpc) is 3.19. The number of Topliss-reactive ketones (excluding diaryl/α,β-unsaturated/α-hetero) is 1. The molecule has 0 N–H and O–H groups in total. The van der Waals surface area contributed by atoms with E-state index in [2.05, 4.69) is 15.9 Å². The molecular weight excluding hydrogens is 487 g/mol. The quantitative estimate of drug-likeness (QED) is 0.384. The molecule has 5 rings (SSSR count). The van der Waals surface area contributed by atoms with Crippen molar-refractivity contribution in [2.75, 3.05) is 0 Å². The lowest BCUT2D eigenvalue weighted by atomic mass is 9.96. The fourth-order valence-electron chi connectivity index (χ4n) is 3.80. The van der Waals surface area contributed by atoms with E-state index in [1.54, 1.807) is 29.3 Å². The lowest BCUT2D eigenvalue weighted by Gasteiger charge is -2.37. The Bertz CT molecular complexity index is 1160. The first-order valence-corrected chi connectivity index (χ1v) is 10.9. The zero-order valence-electron chi connectivity index (χ0n) is 15.6. The molecule has 2 atom stereocenters. The highest BCUT2D eigenvalue weighted by Gasteiger charge is 2.43. The molecule has 2 aliphatic rings. The number of fused-ring (bicyclic) bond motifs is 3. The van der Waals surface area contributed by atoms with E-state index in [9.17, 15) is 4.79 Å². The van der Waals surface area contributed by atoms with Gasteiger partial charge in [-0.05, 0) is 60.2 Å². The first kappa shape index (κ1) is 19.6. The van der Waals surface area contributed by atoms with Crippen LogP contribution in [0.4, 0.5) is 0 Å². The van der Waals surface area contributed by atoms with E-state index in [-0.39, 0.29) is 11.8 Å². The van der Waals surface area contributed by atoms with Crippen LogP contribution in [0.3, 0.4) is 0 Å². The topological polar surface area (TPSA) is 41.9 Å². The minimum atomic E-state index is -0.852. The van der Waals surface area contributed by atoms with Crippen LogP contribution in [0, 0.1) is 0 Å². The summed E-state index contributed by atoms with van der Waals surface area (Å²) in [5.41, 5.74) is 3.39. The van der Waals surface area contributed by atoms with Crippen molar-refractivity contribution in [3.05, 3.63) is 97.9 Å². The maximum Gasteiger partial charge on any atom is 0.251 e. The SMILES string of the molecule is O=C(c1ccc(Cl)cc1)[C@H]1Oc2ccc(Br)cc2[C@H]2CC(c3ccc(Cl)cc3)=NN12. The van der Waals surface area contributed by atoms with Crippen molar-refractivity contribution >= 4 is 50.6 Å². The van der Waals surface area contributed by atoms with E-state index in [0.717, 1.165) is 21.3 Å². The van der Waals surface area contributed by atoms with Gasteiger partial charge in [-0.3, -0.25) is 4.79 Å². The number of hydrogen-bond donors (Lipinski definition) is 0. The Balaban J connectivity index is 1.57. The summed E-state index contributed by atoms with van der Waals surface area (Å²) in [7, 11) is 0. The molecule has 7 heteroatoms. The number of ketones is 1. The van der Waals surface area contributed by atoms with Gasteiger partial charge in [-0.25, -0.2) is 5.01 Å². The van der Waals surface area contributed by atoms with Crippen molar-refractivity contribution in [1.29, 1.82) is 0 Å². The summed E-state index contributed by atoms with van der Waals surface area (Å²) in [5.74, 6) is 0.533. The van der Waals surface area contributed by atoms with Crippen LogP contribution in [0.2, 0.25) is 10.0 Å². The maximum atomic E-state index is 13.3. The normalized spacial score (nSPS) is 19.6. The molecule has 4 nitrogen and oxygen atoms in total. The molecule has 0 bridgehead atoms. The van der Waals surface area contributed by atoms with Crippen molar-refractivity contribution in [2.24, 2.45) is 5.10 Å². The molecular formula is C23H15BrCl2N2O2. The predicted molar refractivity (Wildman–Crippen MR) is 122 cm³/mol. The second-order valence-corrected chi connectivity index (χ2v) is 8.97. The van der Waals surface area contributed by atoms with E-state index in [1.165, 1.54) is 0 Å². The third-order valence-electron chi connectivity index (χ3n) is 5.28. The molecule has 0 saturated carbocycles. The molecule has 0 unspecified atom stereocenters. The number of hydrazone groups is 1. The first-order valence-electron chi connectivity index (χ1n) is 9.37. The van der Waals surface area contributed by atoms with Crippen molar-refractivity contribution in [3.63, 3.8) is 0 Å². The summed E-state index contributed by atoms with van der Waals surface area (Å²) in [6.45, 7) is 0. The van der Waals surface area contributed by atoms with E-state index < -0.39 is 6.23 Å². The third kappa shape index (κ3) is 3.51. The largest absolute Gasteiger partial charge is 0.461 e. The summed E-state index contributed by atoms with van der Waals surface area (Å²) in [4.78, 5) is 13.3. The summed E-state index contributed by atoms with van der Waals surface area (Å²) in [6, 6.07) is 20.1. The number of hydrogen-bond acceptors (Lipinski definition) is 4. The van der Waals surface area contributed by atoms with Crippen LogP contribution in [0.25, 0.3) is 0 Å². The molecule has 0 fully saturated rings. The van der Waals surface area contributed by atoms with Gasteiger partial charge in [0, 0.05) is 32.1 Å². The highest BCUT2D eigenvalue weighted by molar-refractivity contribution is 9.10. The van der Waals surface area contributed by atoms with Gasteiger partial charge < -0.3 is 4.74 Å². The first-order chi connectivity index (χ1) is 14.5. The molecule has 3 aromatic rings. The van der Waals surface area contributed by atoms with E-state index in [0.29, 0.717) is 27.8 Å². The Labute approximate surface area is 192 Å². The number of nitrogens with zero attached hydrogens (tertiary/aromatic N) is 2. The van der Waals surface area contributed by atoms with Gasteiger partial charge in [0.1, 0.15) is 5.75 Å². The smallest absolute Gasteiger partial charge is 0.251 e. The third-order valence-corrected chi connectivity index (χ3v) is 6.28. The van der Waals surface area contributed by atoms with E-state index in [1.807, 2.05) is 42.5 Å². The van der Waals surface area contributed by atoms with Crippen molar-refractivity contribution < 1.29 is 9.53 Å². The molecule has 2 heterocycles. The van der Waals surface area contributed by atoms with Crippen LogP contribution in [-0.2, 0) is 0 Å². The molecule has 30 heavy (non-hydrogen) atoms. The Kier molecular flexibility index (Phi) is 5.05. The lowest BCUT2D eigenvalue weighted by molar-refractivity contribution is -0.00459. The van der Waals surface area contributed by atoms with E-state index in [4.69, 9.17) is 33.0 Å².